The number of nitrogens with one attached hydrogen (secondary N) is 1. The second-order valence-electron chi connectivity index (χ2n) is 6.82. The summed E-state index contributed by atoms with van der Waals surface area (Å²) in [6.45, 7) is 0. The molecule has 0 aliphatic heterocycles. The maximum absolute atomic E-state index is 13.1. The van der Waals surface area contributed by atoms with Crippen molar-refractivity contribution in [3.63, 3.8) is 0 Å². The van der Waals surface area contributed by atoms with Gasteiger partial charge in [-0.15, -0.1) is 0 Å². The van der Waals surface area contributed by atoms with Crippen molar-refractivity contribution in [2.45, 2.75) is 4.90 Å². The lowest BCUT2D eigenvalue weighted by molar-refractivity contribution is 0.603. The van der Waals surface area contributed by atoms with Gasteiger partial charge in [-0.25, -0.2) is 8.42 Å². The van der Waals surface area contributed by atoms with Crippen LogP contribution in [0.4, 0.5) is 0 Å². The van der Waals surface area contributed by atoms with Crippen molar-refractivity contribution in [2.75, 3.05) is 0 Å². The highest BCUT2D eigenvalue weighted by atomic mass is 35.5. The fourth-order valence-corrected chi connectivity index (χ4v) is 4.52. The summed E-state index contributed by atoms with van der Waals surface area (Å²) in [5.41, 5.74) is 3.20. The standard InChI is InChI=1S/C25H17ClN2O2S/c26-19-11-13-20(14-12-19)31(29,30)21(17-27)16-23-22-8-4-5-9-24(22)28-25(23)15-10-18-6-2-1-3-7-18/h1-16,28H/b15-10?,21-16+. The van der Waals surface area contributed by atoms with Crippen LogP contribution in [0.15, 0.2) is 88.7 Å². The number of para-hydroxylation sites is 1. The van der Waals surface area contributed by atoms with Crippen molar-refractivity contribution in [3.05, 3.63) is 106 Å². The van der Waals surface area contributed by atoms with Gasteiger partial charge in [-0.2, -0.15) is 5.26 Å². The Bertz CT molecular complexity index is 1440. The molecule has 0 spiro atoms. The maximum atomic E-state index is 13.1. The lowest BCUT2D eigenvalue weighted by Gasteiger charge is -2.04. The van der Waals surface area contributed by atoms with Crippen LogP contribution in [-0.2, 0) is 9.84 Å². The normalized spacial score (nSPS) is 12.3. The third kappa shape index (κ3) is 4.31. The van der Waals surface area contributed by atoms with Gasteiger partial charge >= 0.3 is 0 Å². The topological polar surface area (TPSA) is 73.7 Å². The van der Waals surface area contributed by atoms with Gasteiger partial charge in [-0.05, 0) is 48.0 Å². The van der Waals surface area contributed by atoms with Gasteiger partial charge in [0.1, 0.15) is 11.0 Å². The molecule has 6 heteroatoms. The van der Waals surface area contributed by atoms with Crippen LogP contribution in [0, 0.1) is 11.3 Å². The first kappa shape index (κ1) is 20.7. The van der Waals surface area contributed by atoms with Crippen LogP contribution in [0.2, 0.25) is 5.02 Å². The fourth-order valence-electron chi connectivity index (χ4n) is 3.26. The monoisotopic (exact) mass is 444 g/mol. The number of hydrogen-bond donors (Lipinski definition) is 1. The number of halogens is 1. The maximum Gasteiger partial charge on any atom is 0.216 e. The molecular weight excluding hydrogens is 428 g/mol. The van der Waals surface area contributed by atoms with Crippen molar-refractivity contribution in [3.8, 4) is 6.07 Å². The molecule has 0 aliphatic rings. The average Bonchev–Trinajstić information content (AvgIpc) is 3.14. The number of aromatic nitrogens is 1. The molecular formula is C25H17ClN2O2S. The number of rotatable bonds is 5. The van der Waals surface area contributed by atoms with Gasteiger partial charge in [0.15, 0.2) is 0 Å². The van der Waals surface area contributed by atoms with Crippen molar-refractivity contribution in [1.82, 2.24) is 4.98 Å². The predicted molar refractivity (Wildman–Crippen MR) is 126 cm³/mol. The Balaban J connectivity index is 1.86. The molecule has 0 atom stereocenters. The minimum Gasteiger partial charge on any atom is -0.355 e. The Hall–Kier alpha value is -3.59. The zero-order chi connectivity index (χ0) is 21.8. The van der Waals surface area contributed by atoms with E-state index in [9.17, 15) is 13.7 Å². The molecule has 0 radical (unpaired) electrons. The number of aromatic amines is 1. The van der Waals surface area contributed by atoms with Crippen molar-refractivity contribution >= 4 is 50.6 Å². The van der Waals surface area contributed by atoms with E-state index in [0.717, 1.165) is 16.5 Å². The highest BCUT2D eigenvalue weighted by Crippen LogP contribution is 2.29. The van der Waals surface area contributed by atoms with Gasteiger partial charge in [-0.3, -0.25) is 0 Å². The summed E-state index contributed by atoms with van der Waals surface area (Å²) in [7, 11) is -3.99. The van der Waals surface area contributed by atoms with E-state index in [1.165, 1.54) is 30.3 Å². The summed E-state index contributed by atoms with van der Waals surface area (Å²) >= 11 is 5.88. The van der Waals surface area contributed by atoms with Crippen LogP contribution in [0.5, 0.6) is 0 Å². The van der Waals surface area contributed by atoms with E-state index in [1.54, 1.807) is 0 Å². The van der Waals surface area contributed by atoms with E-state index >= 15 is 0 Å². The third-order valence-corrected chi connectivity index (χ3v) is 6.75. The molecule has 4 aromatic rings. The Morgan fingerprint density at radius 1 is 0.903 bits per heavy atom. The number of sulfone groups is 1. The molecule has 0 saturated carbocycles. The summed E-state index contributed by atoms with van der Waals surface area (Å²) in [5.74, 6) is 0. The molecule has 1 N–H and O–H groups in total. The lowest BCUT2D eigenvalue weighted by Crippen LogP contribution is -2.03. The van der Waals surface area contributed by atoms with Crippen LogP contribution < -0.4 is 0 Å². The third-order valence-electron chi connectivity index (χ3n) is 4.82. The molecule has 0 aliphatic carbocycles. The fraction of sp³-hybridized carbons (Fsp3) is 0. The Kier molecular flexibility index (Phi) is 5.77. The first-order valence-electron chi connectivity index (χ1n) is 9.45. The number of nitriles is 1. The van der Waals surface area contributed by atoms with E-state index in [0.29, 0.717) is 16.3 Å². The predicted octanol–water partition coefficient (Wildman–Crippen LogP) is 6.33. The molecule has 0 saturated heterocycles. The van der Waals surface area contributed by atoms with Crippen LogP contribution in [0.1, 0.15) is 16.8 Å². The Labute approximate surface area is 185 Å². The summed E-state index contributed by atoms with van der Waals surface area (Å²) in [4.78, 5) is 2.99. The van der Waals surface area contributed by atoms with E-state index in [1.807, 2.05) is 72.8 Å². The van der Waals surface area contributed by atoms with Crippen LogP contribution >= 0.6 is 11.6 Å². The smallest absolute Gasteiger partial charge is 0.216 e. The number of nitrogens with zero attached hydrogens (tertiary/aromatic N) is 1. The van der Waals surface area contributed by atoms with Crippen LogP contribution in [0.3, 0.4) is 0 Å². The number of H-pyrrole nitrogens is 1. The van der Waals surface area contributed by atoms with Gasteiger partial charge in [0.05, 0.1) is 4.90 Å². The number of allylic oxidation sites excluding steroid dienone is 1. The van der Waals surface area contributed by atoms with Crippen LogP contribution in [-0.4, -0.2) is 13.4 Å². The summed E-state index contributed by atoms with van der Waals surface area (Å²) in [6.07, 6.45) is 5.24. The Morgan fingerprint density at radius 3 is 2.29 bits per heavy atom. The molecule has 31 heavy (non-hydrogen) atoms. The Morgan fingerprint density at radius 2 is 1.58 bits per heavy atom. The summed E-state index contributed by atoms with van der Waals surface area (Å²) < 4.78 is 26.1. The molecule has 152 valence electrons. The zero-order valence-electron chi connectivity index (χ0n) is 16.3. The second kappa shape index (κ2) is 8.65. The molecule has 0 amide bonds. The molecule has 3 aromatic carbocycles. The summed E-state index contributed by atoms with van der Waals surface area (Å²) in [5, 5.41) is 10.9. The summed E-state index contributed by atoms with van der Waals surface area (Å²) in [6, 6.07) is 25.0. The number of fused-ring (bicyclic) bond motifs is 1. The van der Waals surface area contributed by atoms with Gasteiger partial charge in [0.2, 0.25) is 9.84 Å². The highest BCUT2D eigenvalue weighted by Gasteiger charge is 2.22. The van der Waals surface area contributed by atoms with Crippen molar-refractivity contribution in [1.29, 1.82) is 5.26 Å². The van der Waals surface area contributed by atoms with Crippen molar-refractivity contribution in [2.24, 2.45) is 0 Å². The van der Waals surface area contributed by atoms with E-state index in [4.69, 9.17) is 11.6 Å². The number of hydrogen-bond acceptors (Lipinski definition) is 3. The van der Waals surface area contributed by atoms with Crippen LogP contribution in [0.25, 0.3) is 29.1 Å². The minimum absolute atomic E-state index is 0.0194. The van der Waals surface area contributed by atoms with E-state index in [2.05, 4.69) is 4.98 Å². The van der Waals surface area contributed by atoms with E-state index in [-0.39, 0.29) is 9.80 Å². The molecule has 1 aromatic heterocycles. The molecule has 4 nitrogen and oxygen atoms in total. The zero-order valence-corrected chi connectivity index (χ0v) is 17.9. The average molecular weight is 445 g/mol. The molecule has 0 bridgehead atoms. The molecule has 1 heterocycles. The molecule has 0 fully saturated rings. The second-order valence-corrected chi connectivity index (χ2v) is 9.17. The lowest BCUT2D eigenvalue weighted by atomic mass is 10.1. The molecule has 4 rings (SSSR count). The number of benzene rings is 3. The first-order chi connectivity index (χ1) is 15.0. The quantitative estimate of drug-likeness (QED) is 0.365. The molecule has 0 unspecified atom stereocenters. The highest BCUT2D eigenvalue weighted by molar-refractivity contribution is 7.95. The van der Waals surface area contributed by atoms with Gasteiger partial charge in [0, 0.05) is 27.2 Å². The largest absolute Gasteiger partial charge is 0.355 e. The first-order valence-corrected chi connectivity index (χ1v) is 11.3. The van der Waals surface area contributed by atoms with E-state index < -0.39 is 9.84 Å². The minimum atomic E-state index is -3.99. The van der Waals surface area contributed by atoms with Gasteiger partial charge in [-0.1, -0.05) is 66.2 Å². The van der Waals surface area contributed by atoms with Gasteiger partial charge in [0.25, 0.3) is 0 Å². The SMILES string of the molecule is N#C/C(=C\c1c(C=Cc2ccccc2)[nH]c2ccccc12)S(=O)(=O)c1ccc(Cl)cc1. The van der Waals surface area contributed by atoms with Gasteiger partial charge < -0.3 is 4.98 Å². The van der Waals surface area contributed by atoms with Crippen molar-refractivity contribution < 1.29 is 8.42 Å².